The van der Waals surface area contributed by atoms with Crippen LogP contribution in [0, 0.1) is 0 Å². The van der Waals surface area contributed by atoms with E-state index < -0.39 is 41.7 Å². The summed E-state index contributed by atoms with van der Waals surface area (Å²) < 4.78 is 179. The van der Waals surface area contributed by atoms with Crippen LogP contribution in [-0.2, 0) is 4.79 Å². The van der Waals surface area contributed by atoms with Crippen LogP contribution in [0.25, 0.3) is 0 Å². The summed E-state index contributed by atoms with van der Waals surface area (Å²) in [6, 6.07) is 3.40. The molecule has 0 unspecified atom stereocenters. The lowest BCUT2D eigenvalue weighted by molar-refractivity contribution is -0.436. The van der Waals surface area contributed by atoms with Crippen molar-refractivity contribution < 1.29 is 71.3 Å². The first-order valence-corrected chi connectivity index (χ1v) is 8.14. The van der Waals surface area contributed by atoms with Crippen molar-refractivity contribution in [2.45, 2.75) is 35.8 Å². The largest absolute Gasteiger partial charge is 0.493 e. The second-order valence-electron chi connectivity index (χ2n) is 6.18. The van der Waals surface area contributed by atoms with Crippen LogP contribution in [0.4, 0.5) is 57.1 Å². The maximum Gasteiger partial charge on any atom is 0.460 e. The zero-order valence-corrected chi connectivity index (χ0v) is 16.4. The SMILES string of the molecule is COc1ccc(/C=N\NC(=O)C(F)(F)C(F)(F)C(F)(F)C(F)(F)C(F)(F)C(F)(F)F)cc1OC. The van der Waals surface area contributed by atoms with Gasteiger partial charge in [-0.05, 0) is 23.8 Å². The standard InChI is InChI=1S/C16H11F13N2O3/c1-33-8-4-3-7(5-9(8)34-2)6-30-31-10(32)11(17,18)12(19,20)13(21,22)14(23,24)15(25,26)16(27,28)29/h3-6H,1-2H3,(H,31,32)/b30-6-. The molecule has 194 valence electrons. The fourth-order valence-electron chi connectivity index (χ4n) is 2.08. The molecular weight excluding hydrogens is 515 g/mol. The molecule has 18 heteroatoms. The van der Waals surface area contributed by atoms with Crippen LogP contribution < -0.4 is 14.9 Å². The first-order valence-electron chi connectivity index (χ1n) is 8.14. The zero-order chi connectivity index (χ0) is 27.0. The molecule has 1 amide bonds. The molecule has 1 aromatic rings. The molecule has 0 aliphatic heterocycles. The van der Waals surface area contributed by atoms with Crippen LogP contribution in [0.3, 0.4) is 0 Å². The van der Waals surface area contributed by atoms with Gasteiger partial charge in [-0.25, -0.2) is 5.43 Å². The Morgan fingerprint density at radius 3 is 1.68 bits per heavy atom. The van der Waals surface area contributed by atoms with Crippen LogP contribution in [0.5, 0.6) is 11.5 Å². The number of halogens is 13. The third-order valence-electron chi connectivity index (χ3n) is 4.01. The molecule has 0 aromatic heterocycles. The number of carbonyl (C=O) groups excluding carboxylic acids is 1. The highest BCUT2D eigenvalue weighted by Crippen LogP contribution is 2.60. The van der Waals surface area contributed by atoms with Crippen molar-refractivity contribution in [3.8, 4) is 11.5 Å². The van der Waals surface area contributed by atoms with E-state index in [1.165, 1.54) is 13.2 Å². The van der Waals surface area contributed by atoms with Crippen LogP contribution in [0.15, 0.2) is 23.3 Å². The Balaban J connectivity index is 3.24. The fraction of sp³-hybridized carbons (Fsp3) is 0.500. The summed E-state index contributed by atoms with van der Waals surface area (Å²) in [7, 11) is 2.37. The third kappa shape index (κ3) is 4.53. The summed E-state index contributed by atoms with van der Waals surface area (Å²) in [5.41, 5.74) is 0.461. The molecule has 0 radical (unpaired) electrons. The average Bonchev–Trinajstić information content (AvgIpc) is 2.71. The van der Waals surface area contributed by atoms with Gasteiger partial charge in [0.1, 0.15) is 0 Å². The summed E-state index contributed by atoms with van der Waals surface area (Å²) >= 11 is 0. The van der Waals surface area contributed by atoms with Crippen molar-refractivity contribution in [1.29, 1.82) is 0 Å². The van der Waals surface area contributed by atoms with Gasteiger partial charge >= 0.3 is 41.7 Å². The van der Waals surface area contributed by atoms with Gasteiger partial charge in [0.15, 0.2) is 11.5 Å². The highest BCUT2D eigenvalue weighted by atomic mass is 19.4. The number of benzene rings is 1. The number of hydrogen-bond acceptors (Lipinski definition) is 4. The van der Waals surface area contributed by atoms with Gasteiger partial charge in [0, 0.05) is 0 Å². The van der Waals surface area contributed by atoms with Gasteiger partial charge < -0.3 is 9.47 Å². The zero-order valence-electron chi connectivity index (χ0n) is 16.4. The average molecular weight is 526 g/mol. The van der Waals surface area contributed by atoms with E-state index in [1.807, 2.05) is 0 Å². The second-order valence-corrected chi connectivity index (χ2v) is 6.18. The van der Waals surface area contributed by atoms with Crippen molar-refractivity contribution in [3.63, 3.8) is 0 Å². The lowest BCUT2D eigenvalue weighted by Gasteiger charge is -2.38. The summed E-state index contributed by atoms with van der Waals surface area (Å²) in [6.45, 7) is 0. The summed E-state index contributed by atoms with van der Waals surface area (Å²) in [4.78, 5) is 11.3. The number of nitrogens with zero attached hydrogens (tertiary/aromatic N) is 1. The van der Waals surface area contributed by atoms with E-state index in [-0.39, 0.29) is 17.1 Å². The molecule has 0 aliphatic rings. The molecule has 34 heavy (non-hydrogen) atoms. The lowest BCUT2D eigenvalue weighted by Crippen LogP contribution is -2.71. The minimum absolute atomic E-state index is 0.00195. The highest BCUT2D eigenvalue weighted by Gasteiger charge is 2.91. The van der Waals surface area contributed by atoms with Gasteiger partial charge in [-0.2, -0.15) is 62.2 Å². The molecule has 0 fully saturated rings. The lowest BCUT2D eigenvalue weighted by atomic mass is 9.93. The summed E-state index contributed by atoms with van der Waals surface area (Å²) in [6.07, 6.45) is -7.10. The number of rotatable bonds is 9. The van der Waals surface area contributed by atoms with Crippen LogP contribution in [-0.4, -0.2) is 62.1 Å². The number of ether oxygens (including phenoxy) is 2. The quantitative estimate of drug-likeness (QED) is 0.283. The van der Waals surface area contributed by atoms with E-state index in [0.717, 1.165) is 19.2 Å². The Labute approximate surface area is 180 Å². The minimum atomic E-state index is -8.10. The summed E-state index contributed by atoms with van der Waals surface area (Å²) in [5.74, 6) is -42.2. The molecule has 1 N–H and O–H groups in total. The Morgan fingerprint density at radius 1 is 0.765 bits per heavy atom. The molecule has 0 aliphatic carbocycles. The molecule has 0 spiro atoms. The monoisotopic (exact) mass is 526 g/mol. The van der Waals surface area contributed by atoms with E-state index in [0.29, 0.717) is 11.6 Å². The summed E-state index contributed by atoms with van der Waals surface area (Å²) in [5, 5.41) is 2.69. The normalized spacial score (nSPS) is 14.3. The van der Waals surface area contributed by atoms with E-state index in [4.69, 9.17) is 9.47 Å². The number of amides is 1. The van der Waals surface area contributed by atoms with Gasteiger partial charge in [-0.3, -0.25) is 4.79 Å². The predicted molar refractivity (Wildman–Crippen MR) is 86.1 cm³/mol. The molecule has 1 rings (SSSR count). The highest BCUT2D eigenvalue weighted by molar-refractivity contribution is 5.87. The number of hydrazone groups is 1. The Morgan fingerprint density at radius 2 is 1.24 bits per heavy atom. The third-order valence-corrected chi connectivity index (χ3v) is 4.01. The number of methoxy groups -OCH3 is 2. The van der Waals surface area contributed by atoms with Gasteiger partial charge in [0.2, 0.25) is 0 Å². The topological polar surface area (TPSA) is 59.9 Å². The van der Waals surface area contributed by atoms with Crippen molar-refractivity contribution in [1.82, 2.24) is 5.43 Å². The van der Waals surface area contributed by atoms with E-state index >= 15 is 0 Å². The van der Waals surface area contributed by atoms with Crippen molar-refractivity contribution in [2.24, 2.45) is 5.10 Å². The molecule has 0 atom stereocenters. The number of alkyl halides is 13. The van der Waals surface area contributed by atoms with E-state index in [2.05, 4.69) is 5.10 Å². The molecule has 0 saturated heterocycles. The van der Waals surface area contributed by atoms with E-state index in [9.17, 15) is 61.9 Å². The fourth-order valence-corrected chi connectivity index (χ4v) is 2.08. The minimum Gasteiger partial charge on any atom is -0.493 e. The van der Waals surface area contributed by atoms with Gasteiger partial charge in [-0.15, -0.1) is 0 Å². The second kappa shape index (κ2) is 9.01. The first-order chi connectivity index (χ1) is 15.1. The number of nitrogens with one attached hydrogen (secondary N) is 1. The maximum absolute atomic E-state index is 13.6. The number of carbonyl (C=O) groups is 1. The van der Waals surface area contributed by atoms with E-state index in [1.54, 1.807) is 0 Å². The Kier molecular flexibility index (Phi) is 7.71. The molecular formula is C16H11F13N2O3. The first kappa shape index (κ1) is 29.1. The molecule has 5 nitrogen and oxygen atoms in total. The van der Waals surface area contributed by atoms with Crippen LogP contribution >= 0.6 is 0 Å². The van der Waals surface area contributed by atoms with Gasteiger partial charge in [-0.1, -0.05) is 0 Å². The Hall–Kier alpha value is -2.95. The van der Waals surface area contributed by atoms with Gasteiger partial charge in [0.25, 0.3) is 0 Å². The van der Waals surface area contributed by atoms with Crippen molar-refractivity contribution in [3.05, 3.63) is 23.8 Å². The smallest absolute Gasteiger partial charge is 0.460 e. The van der Waals surface area contributed by atoms with Crippen LogP contribution in [0.2, 0.25) is 0 Å². The maximum atomic E-state index is 13.6. The van der Waals surface area contributed by atoms with Crippen LogP contribution in [0.1, 0.15) is 5.56 Å². The molecule has 1 aromatic carbocycles. The number of hydrogen-bond donors (Lipinski definition) is 1. The van der Waals surface area contributed by atoms with Gasteiger partial charge in [0.05, 0.1) is 20.4 Å². The molecule has 0 bridgehead atoms. The van der Waals surface area contributed by atoms with Crippen molar-refractivity contribution in [2.75, 3.05) is 14.2 Å². The van der Waals surface area contributed by atoms with Crippen molar-refractivity contribution >= 4 is 12.1 Å². The molecule has 0 saturated carbocycles. The Bertz CT molecular complexity index is 929. The predicted octanol–water partition coefficient (Wildman–Crippen LogP) is 4.89. The molecule has 0 heterocycles.